The van der Waals surface area contributed by atoms with Crippen LogP contribution in [0.25, 0.3) is 0 Å². The van der Waals surface area contributed by atoms with Crippen LogP contribution in [0.5, 0.6) is 0 Å². The third kappa shape index (κ3) is 4.51. The lowest BCUT2D eigenvalue weighted by molar-refractivity contribution is 0.0696. The van der Waals surface area contributed by atoms with E-state index in [0.29, 0.717) is 23.0 Å². The van der Waals surface area contributed by atoms with Crippen LogP contribution in [-0.2, 0) is 0 Å². The highest BCUT2D eigenvalue weighted by molar-refractivity contribution is 5.95. The van der Waals surface area contributed by atoms with Crippen LogP contribution in [0, 0.1) is 13.8 Å². The topological polar surface area (TPSA) is 62.2 Å². The van der Waals surface area contributed by atoms with E-state index in [1.54, 1.807) is 6.92 Å². The van der Waals surface area contributed by atoms with Gasteiger partial charge < -0.3 is 10.4 Å². The summed E-state index contributed by atoms with van der Waals surface area (Å²) in [4.78, 5) is 15.7. The minimum absolute atomic E-state index is 0.299. The van der Waals surface area contributed by atoms with E-state index in [-0.39, 0.29) is 0 Å². The standard InChI is InChI=1S/C16H26N2O2/c1-5-7-9-13(8-6-2)18-14-10-11(3)17-12(4)15(14)16(19)20/h10,13H,5-9H2,1-4H3,(H,17,18)(H,19,20). The van der Waals surface area contributed by atoms with Gasteiger partial charge in [0.05, 0.1) is 11.4 Å². The smallest absolute Gasteiger partial charge is 0.339 e. The Balaban J connectivity index is 3.01. The molecule has 4 nitrogen and oxygen atoms in total. The number of unbranched alkanes of at least 4 members (excludes halogenated alkanes) is 1. The molecule has 20 heavy (non-hydrogen) atoms. The second-order valence-corrected chi connectivity index (χ2v) is 5.35. The Morgan fingerprint density at radius 1 is 1.30 bits per heavy atom. The number of aromatic nitrogens is 1. The van der Waals surface area contributed by atoms with Gasteiger partial charge in [0.15, 0.2) is 0 Å². The summed E-state index contributed by atoms with van der Waals surface area (Å²) in [5.41, 5.74) is 2.43. The first-order valence-corrected chi connectivity index (χ1v) is 7.47. The monoisotopic (exact) mass is 278 g/mol. The zero-order valence-electron chi connectivity index (χ0n) is 13.0. The van der Waals surface area contributed by atoms with Crippen molar-refractivity contribution in [1.29, 1.82) is 0 Å². The molecule has 0 saturated heterocycles. The summed E-state index contributed by atoms with van der Waals surface area (Å²) < 4.78 is 0. The van der Waals surface area contributed by atoms with Crippen LogP contribution < -0.4 is 5.32 Å². The molecular formula is C16H26N2O2. The average molecular weight is 278 g/mol. The molecule has 1 heterocycles. The van der Waals surface area contributed by atoms with Crippen molar-refractivity contribution in [2.24, 2.45) is 0 Å². The van der Waals surface area contributed by atoms with Crippen molar-refractivity contribution in [3.8, 4) is 0 Å². The maximum atomic E-state index is 11.4. The molecule has 1 unspecified atom stereocenters. The molecule has 1 rings (SSSR count). The highest BCUT2D eigenvalue weighted by Crippen LogP contribution is 2.23. The molecule has 0 aliphatic rings. The number of pyridine rings is 1. The van der Waals surface area contributed by atoms with Crippen LogP contribution in [0.2, 0.25) is 0 Å². The van der Waals surface area contributed by atoms with Crippen molar-refractivity contribution in [2.75, 3.05) is 5.32 Å². The van der Waals surface area contributed by atoms with Gasteiger partial charge in [0.1, 0.15) is 5.56 Å². The predicted octanol–water partition coefficient (Wildman–Crippen LogP) is 4.17. The van der Waals surface area contributed by atoms with Crippen LogP contribution in [0.15, 0.2) is 6.07 Å². The van der Waals surface area contributed by atoms with E-state index >= 15 is 0 Å². The van der Waals surface area contributed by atoms with Gasteiger partial charge in [0, 0.05) is 11.7 Å². The summed E-state index contributed by atoms with van der Waals surface area (Å²) in [7, 11) is 0. The van der Waals surface area contributed by atoms with E-state index in [9.17, 15) is 9.90 Å². The van der Waals surface area contributed by atoms with Gasteiger partial charge in [0.2, 0.25) is 0 Å². The molecule has 0 amide bonds. The van der Waals surface area contributed by atoms with Crippen LogP contribution in [0.4, 0.5) is 5.69 Å². The number of aromatic carboxylic acids is 1. The molecule has 0 aliphatic heterocycles. The molecule has 0 bridgehead atoms. The van der Waals surface area contributed by atoms with Gasteiger partial charge in [-0.25, -0.2) is 4.79 Å². The Morgan fingerprint density at radius 3 is 2.55 bits per heavy atom. The highest BCUT2D eigenvalue weighted by Gasteiger charge is 2.17. The molecule has 0 fully saturated rings. The van der Waals surface area contributed by atoms with Crippen molar-refractivity contribution in [3.63, 3.8) is 0 Å². The van der Waals surface area contributed by atoms with Crippen molar-refractivity contribution < 1.29 is 9.90 Å². The van der Waals surface area contributed by atoms with Crippen LogP contribution >= 0.6 is 0 Å². The Hall–Kier alpha value is -1.58. The van der Waals surface area contributed by atoms with Gasteiger partial charge in [-0.2, -0.15) is 0 Å². The summed E-state index contributed by atoms with van der Waals surface area (Å²) in [6, 6.07) is 2.17. The third-order valence-corrected chi connectivity index (χ3v) is 3.45. The highest BCUT2D eigenvalue weighted by atomic mass is 16.4. The summed E-state index contributed by atoms with van der Waals surface area (Å²) >= 11 is 0. The zero-order chi connectivity index (χ0) is 15.1. The zero-order valence-corrected chi connectivity index (χ0v) is 13.0. The quantitative estimate of drug-likeness (QED) is 0.749. The SMILES string of the molecule is CCCCC(CCC)Nc1cc(C)nc(C)c1C(=O)O. The summed E-state index contributed by atoms with van der Waals surface area (Å²) in [5.74, 6) is -0.914. The summed E-state index contributed by atoms with van der Waals surface area (Å²) in [5, 5.41) is 12.8. The van der Waals surface area contributed by atoms with Gasteiger partial charge in [-0.05, 0) is 32.8 Å². The molecule has 1 aromatic rings. The van der Waals surface area contributed by atoms with Crippen molar-refractivity contribution in [1.82, 2.24) is 4.98 Å². The number of carboxylic acids is 1. The minimum Gasteiger partial charge on any atom is -0.478 e. The predicted molar refractivity (Wildman–Crippen MR) is 82.5 cm³/mol. The second-order valence-electron chi connectivity index (χ2n) is 5.35. The molecule has 0 aromatic carbocycles. The van der Waals surface area contributed by atoms with Gasteiger partial charge in [-0.15, -0.1) is 0 Å². The lowest BCUT2D eigenvalue weighted by atomic mass is 10.0. The largest absolute Gasteiger partial charge is 0.478 e. The van der Waals surface area contributed by atoms with Gasteiger partial charge in [-0.3, -0.25) is 4.98 Å². The first-order chi connectivity index (χ1) is 9.49. The van der Waals surface area contributed by atoms with E-state index in [1.807, 2.05) is 13.0 Å². The van der Waals surface area contributed by atoms with Crippen LogP contribution in [-0.4, -0.2) is 22.1 Å². The van der Waals surface area contributed by atoms with Crippen molar-refractivity contribution >= 4 is 11.7 Å². The Labute approximate surface area is 121 Å². The number of nitrogens with zero attached hydrogens (tertiary/aromatic N) is 1. The maximum absolute atomic E-state index is 11.4. The van der Waals surface area contributed by atoms with E-state index in [1.165, 1.54) is 0 Å². The van der Waals surface area contributed by atoms with Gasteiger partial charge in [-0.1, -0.05) is 33.1 Å². The number of nitrogens with one attached hydrogen (secondary N) is 1. The third-order valence-electron chi connectivity index (χ3n) is 3.45. The molecule has 0 spiro atoms. The lowest BCUT2D eigenvalue weighted by Gasteiger charge is -2.21. The fourth-order valence-electron chi connectivity index (χ4n) is 2.52. The molecule has 0 saturated carbocycles. The molecular weight excluding hydrogens is 252 g/mol. The minimum atomic E-state index is -0.914. The van der Waals surface area contributed by atoms with Gasteiger partial charge >= 0.3 is 5.97 Å². The first kappa shape index (κ1) is 16.5. The number of hydrogen-bond donors (Lipinski definition) is 2. The molecule has 4 heteroatoms. The number of rotatable bonds is 8. The number of anilines is 1. The van der Waals surface area contributed by atoms with Crippen molar-refractivity contribution in [2.45, 2.75) is 65.8 Å². The molecule has 0 aliphatic carbocycles. The lowest BCUT2D eigenvalue weighted by Crippen LogP contribution is -2.22. The maximum Gasteiger partial charge on any atom is 0.339 e. The normalized spacial score (nSPS) is 12.2. The van der Waals surface area contributed by atoms with E-state index in [2.05, 4.69) is 24.1 Å². The van der Waals surface area contributed by atoms with E-state index in [4.69, 9.17) is 0 Å². The fraction of sp³-hybridized carbons (Fsp3) is 0.625. The van der Waals surface area contributed by atoms with Crippen LogP contribution in [0.3, 0.4) is 0 Å². The summed E-state index contributed by atoms with van der Waals surface area (Å²) in [6.45, 7) is 7.97. The van der Waals surface area contributed by atoms with Crippen molar-refractivity contribution in [3.05, 3.63) is 23.0 Å². The molecule has 1 atom stereocenters. The number of carbonyl (C=O) groups is 1. The molecule has 0 radical (unpaired) electrons. The number of carboxylic acid groups (broad SMARTS) is 1. The number of hydrogen-bond acceptors (Lipinski definition) is 3. The summed E-state index contributed by atoms with van der Waals surface area (Å²) in [6.07, 6.45) is 5.53. The first-order valence-electron chi connectivity index (χ1n) is 7.47. The molecule has 1 aromatic heterocycles. The van der Waals surface area contributed by atoms with E-state index in [0.717, 1.165) is 37.8 Å². The van der Waals surface area contributed by atoms with Crippen LogP contribution in [0.1, 0.15) is 67.7 Å². The number of aryl methyl sites for hydroxylation is 2. The Kier molecular flexibility index (Phi) is 6.49. The Morgan fingerprint density at radius 2 is 2.00 bits per heavy atom. The second kappa shape index (κ2) is 7.88. The molecule has 2 N–H and O–H groups in total. The average Bonchev–Trinajstić information content (AvgIpc) is 2.34. The van der Waals surface area contributed by atoms with Gasteiger partial charge in [0.25, 0.3) is 0 Å². The fourth-order valence-corrected chi connectivity index (χ4v) is 2.52. The molecule has 112 valence electrons. The van der Waals surface area contributed by atoms with E-state index < -0.39 is 5.97 Å². The Bertz CT molecular complexity index is 458.